The van der Waals surface area contributed by atoms with Gasteiger partial charge in [0.2, 0.25) is 0 Å². The van der Waals surface area contributed by atoms with Crippen LogP contribution in [-0.2, 0) is 32.1 Å². The van der Waals surface area contributed by atoms with Crippen LogP contribution in [0.5, 0.6) is 0 Å². The van der Waals surface area contributed by atoms with Crippen molar-refractivity contribution in [2.24, 2.45) is 23.2 Å². The Bertz CT molecular complexity index is 1340. The van der Waals surface area contributed by atoms with E-state index in [-0.39, 0.29) is 35.6 Å². The van der Waals surface area contributed by atoms with Crippen molar-refractivity contribution in [1.29, 1.82) is 0 Å². The predicted octanol–water partition coefficient (Wildman–Crippen LogP) is 4.23. The van der Waals surface area contributed by atoms with Crippen molar-refractivity contribution >= 4 is 3.21 Å². The molecule has 0 amide bonds. The summed E-state index contributed by atoms with van der Waals surface area (Å²) in [5.41, 5.74) is 10.3. The number of hydrogen-bond donors (Lipinski definition) is 0. The Labute approximate surface area is 269 Å². The normalized spacial score (nSPS) is 28.0. The Balaban J connectivity index is 0.00000169. The van der Waals surface area contributed by atoms with E-state index >= 15 is 0 Å². The molecule has 4 bridgehead atoms. The summed E-state index contributed by atoms with van der Waals surface area (Å²) < 4.78 is 4.50. The van der Waals surface area contributed by atoms with E-state index in [1.54, 1.807) is 11.1 Å². The SMILES string of the molecule is C/[C](=[Zr+2](/[C]1=CC=CC1)[CH]1c2cc(C(C)(C)C)ccc2-c2ccc(C(C)(C)C)cc21)C12CC3CC(CC(C3)C1)C2.[Cl-].[Cl-]. The maximum Gasteiger partial charge on any atom is -1.00 e. The number of fused-ring (bicyclic) bond motifs is 3. The molecule has 6 aliphatic carbocycles. The average Bonchev–Trinajstić information content (AvgIpc) is 3.49. The first kappa shape index (κ1) is 31.7. The van der Waals surface area contributed by atoms with Gasteiger partial charge in [-0.3, -0.25) is 0 Å². The molecule has 2 aromatic rings. The summed E-state index contributed by atoms with van der Waals surface area (Å²) >= 11 is -2.33. The summed E-state index contributed by atoms with van der Waals surface area (Å²) in [5, 5.41) is 0. The molecule has 41 heavy (non-hydrogen) atoms. The van der Waals surface area contributed by atoms with Gasteiger partial charge in [-0.05, 0) is 0 Å². The minimum atomic E-state index is -2.33. The molecule has 6 aliphatic rings. The van der Waals surface area contributed by atoms with E-state index in [0.29, 0.717) is 9.04 Å². The zero-order valence-corrected chi connectivity index (χ0v) is 30.2. The number of halogens is 2. The quantitative estimate of drug-likeness (QED) is 0.461. The molecular formula is C38H48Cl2Zr. The third-order valence-electron chi connectivity index (χ3n) is 11.4. The van der Waals surface area contributed by atoms with Gasteiger partial charge in [-0.25, -0.2) is 0 Å². The van der Waals surface area contributed by atoms with Crippen LogP contribution in [0.15, 0.2) is 57.9 Å². The molecular weight excluding hydrogens is 619 g/mol. The second-order valence-corrected chi connectivity index (χ2v) is 23.0. The first-order valence-corrected chi connectivity index (χ1v) is 19.7. The fourth-order valence-electron chi connectivity index (χ4n) is 9.65. The van der Waals surface area contributed by atoms with Crippen LogP contribution in [0, 0.1) is 23.2 Å². The van der Waals surface area contributed by atoms with Gasteiger partial charge in [0.15, 0.2) is 0 Å². The molecule has 0 aliphatic heterocycles. The van der Waals surface area contributed by atoms with Crippen LogP contribution >= 0.6 is 0 Å². The Morgan fingerprint density at radius 3 is 1.59 bits per heavy atom. The fraction of sp³-hybridized carbons (Fsp3) is 0.553. The van der Waals surface area contributed by atoms with Crippen LogP contribution in [0.1, 0.15) is 119 Å². The molecule has 0 spiro atoms. The van der Waals surface area contributed by atoms with Gasteiger partial charge < -0.3 is 24.8 Å². The van der Waals surface area contributed by atoms with Crippen LogP contribution in [0.25, 0.3) is 11.1 Å². The molecule has 0 aromatic heterocycles. The minimum absolute atomic E-state index is 0. The monoisotopic (exact) mass is 664 g/mol. The number of hydrogen-bond acceptors (Lipinski definition) is 0. The molecule has 0 heterocycles. The predicted molar refractivity (Wildman–Crippen MR) is 164 cm³/mol. The molecule has 0 radical (unpaired) electrons. The fourth-order valence-corrected chi connectivity index (χ4v) is 19.2. The molecule has 4 fully saturated rings. The molecule has 2 aromatic carbocycles. The Morgan fingerprint density at radius 2 is 1.20 bits per heavy atom. The molecule has 0 saturated heterocycles. The summed E-state index contributed by atoms with van der Waals surface area (Å²) in [5.74, 6) is 3.03. The van der Waals surface area contributed by atoms with Crippen molar-refractivity contribution in [1.82, 2.24) is 0 Å². The summed E-state index contributed by atoms with van der Waals surface area (Å²) in [6.07, 6.45) is 17.8. The van der Waals surface area contributed by atoms with Crippen molar-refractivity contribution in [2.45, 2.75) is 108 Å². The van der Waals surface area contributed by atoms with Gasteiger partial charge >= 0.3 is 247 Å². The van der Waals surface area contributed by atoms with Gasteiger partial charge in [-0.15, -0.1) is 0 Å². The van der Waals surface area contributed by atoms with E-state index in [9.17, 15) is 0 Å². The number of benzene rings is 2. The third kappa shape index (κ3) is 5.31. The smallest absolute Gasteiger partial charge is 1.00 e. The summed E-state index contributed by atoms with van der Waals surface area (Å²) in [6.45, 7) is 17.0. The zero-order chi connectivity index (χ0) is 27.3. The molecule has 4 saturated carbocycles. The Hall–Kier alpha value is -0.747. The van der Waals surface area contributed by atoms with Crippen molar-refractivity contribution in [3.05, 3.63) is 80.2 Å². The molecule has 0 atom stereocenters. The van der Waals surface area contributed by atoms with Gasteiger partial charge in [-0.1, -0.05) is 0 Å². The van der Waals surface area contributed by atoms with Gasteiger partial charge in [-0.2, -0.15) is 0 Å². The van der Waals surface area contributed by atoms with Crippen molar-refractivity contribution < 1.29 is 46.1 Å². The maximum atomic E-state index is 2.71. The van der Waals surface area contributed by atoms with E-state index in [2.05, 4.69) is 103 Å². The summed E-state index contributed by atoms with van der Waals surface area (Å²) in [7, 11) is 0. The zero-order valence-electron chi connectivity index (χ0n) is 26.2. The Morgan fingerprint density at radius 1 is 0.732 bits per heavy atom. The van der Waals surface area contributed by atoms with Gasteiger partial charge in [0, 0.05) is 0 Å². The molecule has 8 rings (SSSR count). The largest absolute Gasteiger partial charge is 1.00 e. The van der Waals surface area contributed by atoms with Crippen LogP contribution in [0.4, 0.5) is 0 Å². The van der Waals surface area contributed by atoms with Crippen LogP contribution in [0.3, 0.4) is 0 Å². The molecule has 218 valence electrons. The van der Waals surface area contributed by atoms with E-state index in [1.807, 2.05) is 6.49 Å². The van der Waals surface area contributed by atoms with E-state index in [1.165, 1.54) is 67.2 Å². The number of allylic oxidation sites excluding steroid dienone is 4. The number of rotatable bonds is 3. The van der Waals surface area contributed by atoms with Crippen LogP contribution in [0.2, 0.25) is 0 Å². The standard InChI is InChI=1S/C21H25.C12H18.C5H5.2ClH.Zr/c1-20(2,3)16-7-9-18-14(12-16)11-15-13-17(21(4,5)6)8-10-19(15)18;1-2-12-6-9-3-10(7-12)5-11(4-9)8-12;1-2-4-5-3-1;;;/h7-13H,1-6H3;9-11H,3-8H2,1H3;1-3H,4H2;2*1H;/q;;;;;+2/p-2. The first-order valence-electron chi connectivity index (χ1n) is 15.8. The van der Waals surface area contributed by atoms with Gasteiger partial charge in [0.1, 0.15) is 0 Å². The van der Waals surface area contributed by atoms with E-state index in [4.69, 9.17) is 0 Å². The average molecular weight is 667 g/mol. The van der Waals surface area contributed by atoms with E-state index in [0.717, 1.165) is 17.8 Å². The minimum Gasteiger partial charge on any atom is -1.00 e. The maximum absolute atomic E-state index is 2.71. The summed E-state index contributed by atoms with van der Waals surface area (Å²) in [6, 6.07) is 15.2. The van der Waals surface area contributed by atoms with E-state index < -0.39 is 21.3 Å². The third-order valence-corrected chi connectivity index (χ3v) is 20.2. The summed E-state index contributed by atoms with van der Waals surface area (Å²) in [4.78, 5) is 0. The molecule has 0 unspecified atom stereocenters. The second kappa shape index (κ2) is 11.0. The van der Waals surface area contributed by atoms with Crippen molar-refractivity contribution in [3.63, 3.8) is 0 Å². The molecule has 0 nitrogen and oxygen atoms in total. The van der Waals surface area contributed by atoms with Crippen molar-refractivity contribution in [3.8, 4) is 11.1 Å². The molecule has 0 N–H and O–H groups in total. The van der Waals surface area contributed by atoms with Crippen molar-refractivity contribution in [2.75, 3.05) is 0 Å². The van der Waals surface area contributed by atoms with Crippen LogP contribution < -0.4 is 24.8 Å². The topological polar surface area (TPSA) is 0 Å². The van der Waals surface area contributed by atoms with Gasteiger partial charge in [0.25, 0.3) is 0 Å². The Kier molecular flexibility index (Phi) is 8.50. The second-order valence-electron chi connectivity index (χ2n) is 16.1. The van der Waals surface area contributed by atoms with Gasteiger partial charge in [0.05, 0.1) is 0 Å². The molecule has 3 heteroatoms. The first-order chi connectivity index (χ1) is 18.4. The van der Waals surface area contributed by atoms with Crippen LogP contribution in [-0.4, -0.2) is 3.21 Å².